The molecule has 2 N–H and O–H groups in total. The minimum absolute atomic E-state index is 0.00560. The maximum Gasteiger partial charge on any atom is 0.254 e. The number of benzene rings is 1. The first-order chi connectivity index (χ1) is 8.51. The Balaban J connectivity index is 2.90. The molecule has 1 aromatic carbocycles. The first kappa shape index (κ1) is 14.3. The zero-order valence-corrected chi connectivity index (χ0v) is 11.3. The minimum atomic E-state index is -0.0853. The second-order valence-corrected chi connectivity index (χ2v) is 4.18. The van der Waals surface area contributed by atoms with Gasteiger partial charge in [-0.05, 0) is 25.1 Å². The molecule has 100 valence electrons. The van der Waals surface area contributed by atoms with Crippen molar-refractivity contribution in [3.63, 3.8) is 0 Å². The molecule has 0 saturated carbocycles. The Labute approximate surface area is 107 Å². The van der Waals surface area contributed by atoms with Crippen LogP contribution in [0.4, 0.5) is 5.69 Å². The lowest BCUT2D eigenvalue weighted by Crippen LogP contribution is -2.37. The molecular formula is C13H20N2O3. The zero-order chi connectivity index (χ0) is 13.7. The van der Waals surface area contributed by atoms with Crippen molar-refractivity contribution in [2.24, 2.45) is 0 Å². The van der Waals surface area contributed by atoms with Crippen LogP contribution >= 0.6 is 0 Å². The van der Waals surface area contributed by atoms with Gasteiger partial charge in [0.2, 0.25) is 0 Å². The zero-order valence-electron chi connectivity index (χ0n) is 11.3. The smallest absolute Gasteiger partial charge is 0.254 e. The summed E-state index contributed by atoms with van der Waals surface area (Å²) in [6, 6.07) is 5.01. The molecule has 1 atom stereocenters. The van der Waals surface area contributed by atoms with Crippen molar-refractivity contribution < 1.29 is 14.3 Å². The Morgan fingerprint density at radius 1 is 1.44 bits per heavy atom. The Morgan fingerprint density at radius 3 is 2.67 bits per heavy atom. The van der Waals surface area contributed by atoms with Gasteiger partial charge in [0, 0.05) is 19.7 Å². The van der Waals surface area contributed by atoms with Crippen molar-refractivity contribution in [2.45, 2.75) is 13.0 Å². The number of nitrogen functional groups attached to an aromatic ring is 1. The van der Waals surface area contributed by atoms with Gasteiger partial charge in [-0.1, -0.05) is 0 Å². The van der Waals surface area contributed by atoms with E-state index in [1.54, 1.807) is 37.3 Å². The third-order valence-electron chi connectivity index (χ3n) is 2.87. The first-order valence-electron chi connectivity index (χ1n) is 5.70. The largest absolute Gasteiger partial charge is 0.495 e. The van der Waals surface area contributed by atoms with Gasteiger partial charge in [-0.3, -0.25) is 4.79 Å². The quantitative estimate of drug-likeness (QED) is 0.804. The lowest BCUT2D eigenvalue weighted by molar-refractivity contribution is 0.0633. The van der Waals surface area contributed by atoms with Crippen LogP contribution in [-0.2, 0) is 4.74 Å². The summed E-state index contributed by atoms with van der Waals surface area (Å²) < 4.78 is 10.1. The number of anilines is 1. The number of nitrogens with two attached hydrogens (primary N) is 1. The fraction of sp³-hybridized carbons (Fsp3) is 0.462. The number of rotatable bonds is 5. The fourth-order valence-electron chi connectivity index (χ4n) is 1.60. The average Bonchev–Trinajstić information content (AvgIpc) is 2.38. The van der Waals surface area contributed by atoms with Gasteiger partial charge in [0.1, 0.15) is 5.75 Å². The maximum absolute atomic E-state index is 12.2. The number of methoxy groups -OCH3 is 2. The lowest BCUT2D eigenvalue weighted by Gasteiger charge is -2.24. The number of hydrogen-bond donors (Lipinski definition) is 1. The Hall–Kier alpha value is -1.75. The van der Waals surface area contributed by atoms with E-state index in [-0.39, 0.29) is 11.9 Å². The number of hydrogen-bond acceptors (Lipinski definition) is 4. The summed E-state index contributed by atoms with van der Waals surface area (Å²) in [7, 11) is 4.88. The van der Waals surface area contributed by atoms with Crippen LogP contribution in [-0.4, -0.2) is 44.7 Å². The minimum Gasteiger partial charge on any atom is -0.495 e. The number of amides is 1. The van der Waals surface area contributed by atoms with E-state index in [9.17, 15) is 4.79 Å². The number of ether oxygens (including phenoxy) is 2. The Morgan fingerprint density at radius 2 is 2.11 bits per heavy atom. The van der Waals surface area contributed by atoms with Gasteiger partial charge < -0.3 is 20.1 Å². The van der Waals surface area contributed by atoms with E-state index in [1.165, 1.54) is 7.11 Å². The molecule has 1 rings (SSSR count). The molecule has 5 nitrogen and oxygen atoms in total. The molecule has 0 bridgehead atoms. The number of likely N-dealkylation sites (N-methyl/N-ethyl adjacent to an activating group) is 1. The monoisotopic (exact) mass is 252 g/mol. The van der Waals surface area contributed by atoms with Crippen molar-refractivity contribution in [3.8, 4) is 5.75 Å². The van der Waals surface area contributed by atoms with E-state index < -0.39 is 0 Å². The Bertz CT molecular complexity index is 421. The predicted octanol–water partition coefficient (Wildman–Crippen LogP) is 1.38. The molecule has 1 unspecified atom stereocenters. The van der Waals surface area contributed by atoms with E-state index in [0.717, 1.165) is 0 Å². The van der Waals surface area contributed by atoms with Gasteiger partial charge in [-0.2, -0.15) is 0 Å². The molecule has 0 saturated heterocycles. The van der Waals surface area contributed by atoms with Gasteiger partial charge in [-0.15, -0.1) is 0 Å². The van der Waals surface area contributed by atoms with Crippen molar-refractivity contribution in [1.82, 2.24) is 4.90 Å². The second kappa shape index (κ2) is 6.26. The molecule has 0 radical (unpaired) electrons. The number of carbonyl (C=O) groups excluding carboxylic acids is 1. The maximum atomic E-state index is 12.2. The van der Waals surface area contributed by atoms with Crippen LogP contribution < -0.4 is 10.5 Å². The highest BCUT2D eigenvalue weighted by Crippen LogP contribution is 2.23. The third kappa shape index (κ3) is 3.13. The highest BCUT2D eigenvalue weighted by Gasteiger charge is 2.18. The lowest BCUT2D eigenvalue weighted by atomic mass is 10.1. The van der Waals surface area contributed by atoms with E-state index in [4.69, 9.17) is 15.2 Å². The van der Waals surface area contributed by atoms with Gasteiger partial charge in [0.05, 0.1) is 25.4 Å². The van der Waals surface area contributed by atoms with Crippen LogP contribution in [0.5, 0.6) is 5.75 Å². The molecule has 18 heavy (non-hydrogen) atoms. The molecule has 1 amide bonds. The van der Waals surface area contributed by atoms with Gasteiger partial charge >= 0.3 is 0 Å². The summed E-state index contributed by atoms with van der Waals surface area (Å²) in [6.45, 7) is 2.42. The summed E-state index contributed by atoms with van der Waals surface area (Å²) in [5.74, 6) is 0.423. The summed E-state index contributed by atoms with van der Waals surface area (Å²) in [4.78, 5) is 13.8. The molecular weight excluding hydrogens is 232 g/mol. The molecule has 0 aliphatic heterocycles. The third-order valence-corrected chi connectivity index (χ3v) is 2.87. The summed E-state index contributed by atoms with van der Waals surface area (Å²) >= 11 is 0. The topological polar surface area (TPSA) is 64.8 Å². The summed E-state index contributed by atoms with van der Waals surface area (Å²) in [6.07, 6.45) is 0. The van der Waals surface area contributed by atoms with Crippen LogP contribution in [0.2, 0.25) is 0 Å². The molecule has 5 heteroatoms. The standard InChI is InChI=1S/C13H20N2O3/c1-9(8-17-3)15(2)13(16)10-5-6-11(14)12(7-10)18-4/h5-7,9H,8,14H2,1-4H3. The second-order valence-electron chi connectivity index (χ2n) is 4.18. The molecule has 0 fully saturated rings. The van der Waals surface area contributed by atoms with Crippen molar-refractivity contribution in [3.05, 3.63) is 23.8 Å². The molecule has 0 aliphatic rings. The fourth-order valence-corrected chi connectivity index (χ4v) is 1.60. The normalized spacial score (nSPS) is 12.0. The number of nitrogens with zero attached hydrogens (tertiary/aromatic N) is 1. The van der Waals surface area contributed by atoms with E-state index in [0.29, 0.717) is 23.6 Å². The number of carbonyl (C=O) groups is 1. The molecule has 0 aliphatic carbocycles. The van der Waals surface area contributed by atoms with Crippen LogP contribution in [0.3, 0.4) is 0 Å². The SMILES string of the molecule is COCC(C)N(C)C(=O)c1ccc(N)c(OC)c1. The Kier molecular flexibility index (Phi) is 4.97. The van der Waals surface area contributed by atoms with Crippen LogP contribution in [0, 0.1) is 0 Å². The summed E-state index contributed by atoms with van der Waals surface area (Å²) in [5.41, 5.74) is 6.78. The average molecular weight is 252 g/mol. The van der Waals surface area contributed by atoms with E-state index >= 15 is 0 Å². The van der Waals surface area contributed by atoms with Crippen LogP contribution in [0.25, 0.3) is 0 Å². The molecule has 0 aromatic heterocycles. The van der Waals surface area contributed by atoms with Crippen molar-refractivity contribution in [1.29, 1.82) is 0 Å². The van der Waals surface area contributed by atoms with Crippen LogP contribution in [0.15, 0.2) is 18.2 Å². The van der Waals surface area contributed by atoms with E-state index in [1.807, 2.05) is 6.92 Å². The van der Waals surface area contributed by atoms with Gasteiger partial charge in [0.25, 0.3) is 5.91 Å². The molecule has 0 heterocycles. The van der Waals surface area contributed by atoms with E-state index in [2.05, 4.69) is 0 Å². The van der Waals surface area contributed by atoms with Crippen LogP contribution in [0.1, 0.15) is 17.3 Å². The van der Waals surface area contributed by atoms with Crippen molar-refractivity contribution in [2.75, 3.05) is 33.6 Å². The highest BCUT2D eigenvalue weighted by atomic mass is 16.5. The highest BCUT2D eigenvalue weighted by molar-refractivity contribution is 5.95. The van der Waals surface area contributed by atoms with Gasteiger partial charge in [-0.25, -0.2) is 0 Å². The van der Waals surface area contributed by atoms with Gasteiger partial charge in [0.15, 0.2) is 0 Å². The molecule has 1 aromatic rings. The predicted molar refractivity (Wildman–Crippen MR) is 70.8 cm³/mol. The first-order valence-corrected chi connectivity index (χ1v) is 5.70. The summed E-state index contributed by atoms with van der Waals surface area (Å²) in [5, 5.41) is 0. The van der Waals surface area contributed by atoms with Crippen molar-refractivity contribution >= 4 is 11.6 Å². The molecule has 0 spiro atoms.